The van der Waals surface area contributed by atoms with Gasteiger partial charge in [-0.1, -0.05) is 12.1 Å². The normalized spacial score (nSPS) is 15.4. The van der Waals surface area contributed by atoms with Crippen molar-refractivity contribution in [3.63, 3.8) is 0 Å². The first-order valence-electron chi connectivity index (χ1n) is 10.1. The molecule has 0 bridgehead atoms. The summed E-state index contributed by atoms with van der Waals surface area (Å²) >= 11 is 0. The van der Waals surface area contributed by atoms with Crippen molar-refractivity contribution in [2.75, 3.05) is 31.2 Å². The number of nitrogens with one attached hydrogen (secondary N) is 1. The second-order valence-electron chi connectivity index (χ2n) is 7.33. The van der Waals surface area contributed by atoms with E-state index in [9.17, 15) is 10.1 Å². The van der Waals surface area contributed by atoms with Crippen LogP contribution >= 0.6 is 0 Å². The molecule has 0 aliphatic carbocycles. The summed E-state index contributed by atoms with van der Waals surface area (Å²) in [5, 5.41) is 21.0. The van der Waals surface area contributed by atoms with Crippen LogP contribution in [-0.4, -0.2) is 37.3 Å². The Morgan fingerprint density at radius 2 is 1.73 bits per heavy atom. The zero-order valence-corrected chi connectivity index (χ0v) is 17.4. The predicted molar refractivity (Wildman–Crippen MR) is 114 cm³/mol. The van der Waals surface area contributed by atoms with Crippen molar-refractivity contribution in [2.24, 2.45) is 0 Å². The summed E-state index contributed by atoms with van der Waals surface area (Å²) in [7, 11) is 0. The minimum atomic E-state index is -0.0550. The number of phenolic OH excluding ortho intramolecular Hbond substituents is 1. The number of hydrogen-bond acceptors (Lipinski definition) is 6. The Morgan fingerprint density at radius 3 is 2.30 bits per heavy atom. The van der Waals surface area contributed by atoms with E-state index in [1.165, 1.54) is 19.8 Å². The van der Waals surface area contributed by atoms with Gasteiger partial charge in [-0.2, -0.15) is 5.26 Å². The molecule has 0 saturated carbocycles. The monoisotopic (exact) mass is 409 g/mol. The largest absolute Gasteiger partial charge is 0.508 e. The number of nitrogens with zero attached hydrogens (tertiary/aromatic N) is 2. The van der Waals surface area contributed by atoms with Crippen LogP contribution in [0.1, 0.15) is 43.9 Å². The molecular weight excluding hydrogens is 382 g/mol. The topological polar surface area (TPSA) is 94.8 Å². The number of anilines is 1. The Kier molecular flexibility index (Phi) is 7.02. The fourth-order valence-corrected chi connectivity index (χ4v) is 3.54. The average Bonchev–Trinajstić information content (AvgIpc) is 3.28. The van der Waals surface area contributed by atoms with E-state index in [4.69, 9.17) is 14.6 Å². The molecule has 1 amide bonds. The SMILES string of the molecule is CC(=O)NC(C)c1ccc(O)cc1.N#Cc1cc2c(cc1N1CCCC1)OCCO2. The van der Waals surface area contributed by atoms with Crippen molar-refractivity contribution >= 4 is 11.6 Å². The molecule has 1 unspecified atom stereocenters. The van der Waals surface area contributed by atoms with Crippen LogP contribution in [0.5, 0.6) is 17.2 Å². The van der Waals surface area contributed by atoms with E-state index in [0.29, 0.717) is 24.5 Å². The zero-order chi connectivity index (χ0) is 21.5. The highest BCUT2D eigenvalue weighted by atomic mass is 16.6. The lowest BCUT2D eigenvalue weighted by Crippen LogP contribution is -2.23. The van der Waals surface area contributed by atoms with E-state index in [1.54, 1.807) is 30.3 Å². The summed E-state index contributed by atoms with van der Waals surface area (Å²) in [6.07, 6.45) is 2.39. The highest BCUT2D eigenvalue weighted by molar-refractivity contribution is 5.73. The fraction of sp³-hybridized carbons (Fsp3) is 0.391. The molecule has 7 nitrogen and oxygen atoms in total. The highest BCUT2D eigenvalue weighted by Gasteiger charge is 2.21. The fourth-order valence-electron chi connectivity index (χ4n) is 3.54. The van der Waals surface area contributed by atoms with Gasteiger partial charge in [0, 0.05) is 32.1 Å². The van der Waals surface area contributed by atoms with Gasteiger partial charge in [0.2, 0.25) is 5.91 Å². The molecule has 2 aromatic carbocycles. The minimum absolute atomic E-state index is 0.0156. The number of hydrogen-bond donors (Lipinski definition) is 2. The van der Waals surface area contributed by atoms with Gasteiger partial charge in [-0.25, -0.2) is 0 Å². The summed E-state index contributed by atoms with van der Waals surface area (Å²) in [5.41, 5.74) is 2.64. The number of nitriles is 1. The number of rotatable bonds is 3. The van der Waals surface area contributed by atoms with Gasteiger partial charge in [-0.3, -0.25) is 4.79 Å². The van der Waals surface area contributed by atoms with E-state index >= 15 is 0 Å². The Morgan fingerprint density at radius 1 is 1.13 bits per heavy atom. The van der Waals surface area contributed by atoms with Gasteiger partial charge in [0.1, 0.15) is 25.0 Å². The Labute approximate surface area is 176 Å². The van der Waals surface area contributed by atoms with Crippen molar-refractivity contribution in [1.82, 2.24) is 5.32 Å². The Hall–Kier alpha value is -3.40. The van der Waals surface area contributed by atoms with E-state index in [-0.39, 0.29) is 17.7 Å². The first-order valence-corrected chi connectivity index (χ1v) is 10.1. The zero-order valence-electron chi connectivity index (χ0n) is 17.4. The van der Waals surface area contributed by atoms with Gasteiger partial charge in [-0.05, 0) is 37.5 Å². The van der Waals surface area contributed by atoms with Crippen molar-refractivity contribution < 1.29 is 19.4 Å². The third-order valence-electron chi connectivity index (χ3n) is 5.04. The summed E-state index contributed by atoms with van der Waals surface area (Å²) in [6.45, 7) is 6.56. The van der Waals surface area contributed by atoms with Gasteiger partial charge in [0.15, 0.2) is 11.5 Å². The molecule has 2 aliphatic rings. The highest BCUT2D eigenvalue weighted by Crippen LogP contribution is 2.37. The molecule has 1 fully saturated rings. The van der Waals surface area contributed by atoms with Crippen LogP contribution in [-0.2, 0) is 4.79 Å². The first-order chi connectivity index (χ1) is 14.5. The average molecular weight is 409 g/mol. The standard InChI is InChI=1S/C13H14N2O2.C10H13NO2/c14-9-10-7-12-13(17-6-5-16-12)8-11(10)15-3-1-2-4-15;1-7(11-8(2)12)9-3-5-10(13)6-4-9/h7-8H,1-6H2;3-7,13H,1-2H3,(H,11,12). The summed E-state index contributed by atoms with van der Waals surface area (Å²) < 4.78 is 11.1. The molecule has 2 aromatic rings. The number of benzene rings is 2. The maximum absolute atomic E-state index is 10.7. The molecule has 7 heteroatoms. The maximum Gasteiger partial charge on any atom is 0.217 e. The quantitative estimate of drug-likeness (QED) is 0.805. The Balaban J connectivity index is 0.000000178. The van der Waals surface area contributed by atoms with Crippen molar-refractivity contribution in [1.29, 1.82) is 5.26 Å². The van der Waals surface area contributed by atoms with E-state index in [2.05, 4.69) is 16.3 Å². The van der Waals surface area contributed by atoms with Crippen LogP contribution in [0, 0.1) is 11.3 Å². The minimum Gasteiger partial charge on any atom is -0.508 e. The summed E-state index contributed by atoms with van der Waals surface area (Å²) in [6, 6.07) is 12.8. The number of aromatic hydroxyl groups is 1. The number of amides is 1. The van der Waals surface area contributed by atoms with Gasteiger partial charge in [-0.15, -0.1) is 0 Å². The van der Waals surface area contributed by atoms with E-state index < -0.39 is 0 Å². The van der Waals surface area contributed by atoms with Crippen LogP contribution in [0.25, 0.3) is 0 Å². The second kappa shape index (κ2) is 9.88. The molecule has 158 valence electrons. The van der Waals surface area contributed by atoms with Crippen molar-refractivity contribution in [3.8, 4) is 23.3 Å². The lowest BCUT2D eigenvalue weighted by Gasteiger charge is -2.24. The van der Waals surface area contributed by atoms with Gasteiger partial charge in [0.25, 0.3) is 0 Å². The molecule has 2 N–H and O–H groups in total. The number of phenols is 1. The smallest absolute Gasteiger partial charge is 0.217 e. The van der Waals surface area contributed by atoms with E-state index in [0.717, 1.165) is 30.1 Å². The van der Waals surface area contributed by atoms with Crippen LogP contribution in [0.15, 0.2) is 36.4 Å². The molecule has 30 heavy (non-hydrogen) atoms. The third-order valence-corrected chi connectivity index (χ3v) is 5.04. The van der Waals surface area contributed by atoms with Crippen LogP contribution in [0.2, 0.25) is 0 Å². The molecule has 2 heterocycles. The Bertz CT molecular complexity index is 915. The lowest BCUT2D eigenvalue weighted by molar-refractivity contribution is -0.119. The summed E-state index contributed by atoms with van der Waals surface area (Å²) in [4.78, 5) is 13.0. The van der Waals surface area contributed by atoms with Gasteiger partial charge < -0.3 is 24.8 Å². The van der Waals surface area contributed by atoms with Crippen molar-refractivity contribution in [3.05, 3.63) is 47.5 Å². The molecule has 0 aromatic heterocycles. The van der Waals surface area contributed by atoms with Gasteiger partial charge in [0.05, 0.1) is 17.3 Å². The molecule has 1 atom stereocenters. The molecule has 4 rings (SSSR count). The van der Waals surface area contributed by atoms with Crippen LogP contribution < -0.4 is 19.7 Å². The molecule has 0 spiro atoms. The first kappa shape index (κ1) is 21.3. The molecule has 2 aliphatic heterocycles. The van der Waals surface area contributed by atoms with Crippen LogP contribution in [0.4, 0.5) is 5.69 Å². The molecule has 1 saturated heterocycles. The second-order valence-corrected chi connectivity index (χ2v) is 7.33. The van der Waals surface area contributed by atoms with Crippen molar-refractivity contribution in [2.45, 2.75) is 32.7 Å². The number of carbonyl (C=O) groups is 1. The van der Waals surface area contributed by atoms with Gasteiger partial charge >= 0.3 is 0 Å². The van der Waals surface area contributed by atoms with E-state index in [1.807, 2.05) is 13.0 Å². The predicted octanol–water partition coefficient (Wildman–Crippen LogP) is 3.52. The number of fused-ring (bicyclic) bond motifs is 1. The molecular formula is C23H27N3O4. The third kappa shape index (κ3) is 5.35. The number of ether oxygens (including phenoxy) is 2. The summed E-state index contributed by atoms with van der Waals surface area (Å²) in [5.74, 6) is 1.63. The number of carbonyl (C=O) groups excluding carboxylic acids is 1. The maximum atomic E-state index is 10.7. The molecule has 0 radical (unpaired) electrons. The lowest BCUT2D eigenvalue weighted by atomic mass is 10.1. The van der Waals surface area contributed by atoms with Crippen LogP contribution in [0.3, 0.4) is 0 Å².